The number of primary amides is 1. The first-order valence-corrected chi connectivity index (χ1v) is 4.87. The largest absolute Gasteiger partial charge is 0.365 e. The van der Waals surface area contributed by atoms with E-state index in [1.165, 1.54) is 17.8 Å². The summed E-state index contributed by atoms with van der Waals surface area (Å²) in [4.78, 5) is 30.5. The SMILES string of the molecule is Cn1cc(C(N)=O)c(-c2ccncc2)nc1=O. The summed E-state index contributed by atoms with van der Waals surface area (Å²) in [6, 6.07) is 3.32. The summed E-state index contributed by atoms with van der Waals surface area (Å²) in [5.41, 5.74) is 5.94. The number of rotatable bonds is 2. The summed E-state index contributed by atoms with van der Waals surface area (Å²) in [7, 11) is 1.51. The van der Waals surface area contributed by atoms with E-state index in [-0.39, 0.29) is 11.3 Å². The van der Waals surface area contributed by atoms with Gasteiger partial charge < -0.3 is 10.3 Å². The fraction of sp³-hybridized carbons (Fsp3) is 0.0909. The van der Waals surface area contributed by atoms with Crippen LogP contribution in [0.15, 0.2) is 35.5 Å². The molecule has 0 unspecified atom stereocenters. The zero-order chi connectivity index (χ0) is 12.4. The molecule has 86 valence electrons. The smallest absolute Gasteiger partial charge is 0.347 e. The third kappa shape index (κ3) is 2.05. The van der Waals surface area contributed by atoms with Crippen LogP contribution in [0.2, 0.25) is 0 Å². The Morgan fingerprint density at radius 2 is 2.00 bits per heavy atom. The van der Waals surface area contributed by atoms with E-state index in [1.54, 1.807) is 24.5 Å². The number of pyridine rings is 1. The second kappa shape index (κ2) is 4.17. The molecule has 0 aliphatic rings. The van der Waals surface area contributed by atoms with Gasteiger partial charge in [0.25, 0.3) is 5.91 Å². The van der Waals surface area contributed by atoms with Crippen LogP contribution >= 0.6 is 0 Å². The third-order valence-electron chi connectivity index (χ3n) is 2.31. The van der Waals surface area contributed by atoms with Gasteiger partial charge in [-0.2, -0.15) is 4.98 Å². The Morgan fingerprint density at radius 3 is 2.59 bits per heavy atom. The Balaban J connectivity index is 2.73. The molecule has 2 rings (SSSR count). The van der Waals surface area contributed by atoms with E-state index in [9.17, 15) is 9.59 Å². The van der Waals surface area contributed by atoms with Gasteiger partial charge in [-0.3, -0.25) is 9.78 Å². The Labute approximate surface area is 96.8 Å². The topological polar surface area (TPSA) is 90.9 Å². The van der Waals surface area contributed by atoms with Gasteiger partial charge in [0.2, 0.25) is 0 Å². The van der Waals surface area contributed by atoms with Crippen LogP contribution in [-0.4, -0.2) is 20.4 Å². The van der Waals surface area contributed by atoms with Gasteiger partial charge in [-0.1, -0.05) is 0 Å². The molecule has 6 heteroatoms. The van der Waals surface area contributed by atoms with Crippen LogP contribution in [0.25, 0.3) is 11.3 Å². The van der Waals surface area contributed by atoms with Crippen molar-refractivity contribution in [3.8, 4) is 11.3 Å². The lowest BCUT2D eigenvalue weighted by atomic mass is 10.1. The molecule has 0 atom stereocenters. The van der Waals surface area contributed by atoms with Crippen molar-refractivity contribution in [3.05, 3.63) is 46.8 Å². The molecule has 2 heterocycles. The number of aromatic nitrogens is 3. The second-order valence-electron chi connectivity index (χ2n) is 3.50. The van der Waals surface area contributed by atoms with Crippen molar-refractivity contribution >= 4 is 5.91 Å². The summed E-state index contributed by atoms with van der Waals surface area (Å²) in [5, 5.41) is 0. The van der Waals surface area contributed by atoms with Gasteiger partial charge in [-0.15, -0.1) is 0 Å². The minimum Gasteiger partial charge on any atom is -0.365 e. The molecular weight excluding hydrogens is 220 g/mol. The summed E-state index contributed by atoms with van der Waals surface area (Å²) < 4.78 is 1.21. The molecule has 0 bridgehead atoms. The molecule has 2 N–H and O–H groups in total. The third-order valence-corrected chi connectivity index (χ3v) is 2.31. The molecule has 0 aromatic carbocycles. The molecule has 0 aliphatic carbocycles. The zero-order valence-electron chi connectivity index (χ0n) is 9.12. The predicted octanol–water partition coefficient (Wildman–Crippen LogP) is -0.0588. The molecule has 2 aromatic heterocycles. The van der Waals surface area contributed by atoms with Gasteiger partial charge in [-0.25, -0.2) is 4.79 Å². The maximum absolute atomic E-state index is 11.5. The van der Waals surface area contributed by atoms with Crippen LogP contribution in [0, 0.1) is 0 Å². The maximum atomic E-state index is 11.5. The highest BCUT2D eigenvalue weighted by Gasteiger charge is 2.13. The lowest BCUT2D eigenvalue weighted by Crippen LogP contribution is -2.25. The van der Waals surface area contributed by atoms with Gasteiger partial charge >= 0.3 is 5.69 Å². The lowest BCUT2D eigenvalue weighted by molar-refractivity contribution is 0.1000. The molecule has 0 spiro atoms. The number of aryl methyl sites for hydroxylation is 1. The van der Waals surface area contributed by atoms with E-state index >= 15 is 0 Å². The molecule has 0 radical (unpaired) electrons. The molecule has 0 saturated heterocycles. The van der Waals surface area contributed by atoms with Gasteiger partial charge in [-0.05, 0) is 12.1 Å². The number of carbonyl (C=O) groups excluding carboxylic acids is 1. The highest BCUT2D eigenvalue weighted by Crippen LogP contribution is 2.18. The Bertz CT molecular complexity index is 619. The molecule has 2 aromatic rings. The lowest BCUT2D eigenvalue weighted by Gasteiger charge is -2.06. The minimum absolute atomic E-state index is 0.207. The van der Waals surface area contributed by atoms with Gasteiger partial charge in [0.05, 0.1) is 11.3 Å². The van der Waals surface area contributed by atoms with E-state index in [0.717, 1.165) is 0 Å². The van der Waals surface area contributed by atoms with Crippen LogP contribution in [0.4, 0.5) is 0 Å². The molecule has 0 aliphatic heterocycles. The monoisotopic (exact) mass is 230 g/mol. The molecular formula is C11H10N4O2. The number of carbonyl (C=O) groups is 1. The highest BCUT2D eigenvalue weighted by atomic mass is 16.1. The van der Waals surface area contributed by atoms with Crippen molar-refractivity contribution in [1.29, 1.82) is 0 Å². The fourth-order valence-corrected chi connectivity index (χ4v) is 1.45. The summed E-state index contributed by atoms with van der Waals surface area (Å²) >= 11 is 0. The predicted molar refractivity (Wildman–Crippen MR) is 61.2 cm³/mol. The molecule has 17 heavy (non-hydrogen) atoms. The summed E-state index contributed by atoms with van der Waals surface area (Å²) in [5.74, 6) is -0.625. The first-order chi connectivity index (χ1) is 8.09. The molecule has 6 nitrogen and oxygen atoms in total. The average Bonchev–Trinajstić information content (AvgIpc) is 2.33. The molecule has 1 amide bonds. The highest BCUT2D eigenvalue weighted by molar-refractivity contribution is 5.98. The summed E-state index contributed by atoms with van der Waals surface area (Å²) in [6.45, 7) is 0. The van der Waals surface area contributed by atoms with Crippen LogP contribution in [-0.2, 0) is 7.05 Å². The van der Waals surface area contributed by atoms with E-state index in [1.807, 2.05) is 0 Å². The number of hydrogen-bond acceptors (Lipinski definition) is 4. The number of amides is 1. The van der Waals surface area contributed by atoms with E-state index in [2.05, 4.69) is 9.97 Å². The van der Waals surface area contributed by atoms with Crippen molar-refractivity contribution in [1.82, 2.24) is 14.5 Å². The second-order valence-corrected chi connectivity index (χ2v) is 3.50. The minimum atomic E-state index is -0.625. The first-order valence-electron chi connectivity index (χ1n) is 4.87. The van der Waals surface area contributed by atoms with Crippen molar-refractivity contribution in [3.63, 3.8) is 0 Å². The van der Waals surface area contributed by atoms with Crippen LogP contribution in [0.3, 0.4) is 0 Å². The van der Waals surface area contributed by atoms with Crippen LogP contribution in [0.5, 0.6) is 0 Å². The Hall–Kier alpha value is -2.50. The van der Waals surface area contributed by atoms with E-state index < -0.39 is 11.6 Å². The van der Waals surface area contributed by atoms with E-state index in [4.69, 9.17) is 5.73 Å². The maximum Gasteiger partial charge on any atom is 0.347 e. The first kappa shape index (κ1) is 11.0. The number of hydrogen-bond donors (Lipinski definition) is 1. The van der Waals surface area contributed by atoms with Gasteiger partial charge in [0, 0.05) is 31.2 Å². The van der Waals surface area contributed by atoms with Crippen molar-refractivity contribution in [2.24, 2.45) is 12.8 Å². The number of nitrogens with zero attached hydrogens (tertiary/aromatic N) is 3. The normalized spacial score (nSPS) is 10.2. The molecule has 0 fully saturated rings. The van der Waals surface area contributed by atoms with Gasteiger partial charge in [0.15, 0.2) is 0 Å². The summed E-state index contributed by atoms with van der Waals surface area (Å²) in [6.07, 6.45) is 4.49. The average molecular weight is 230 g/mol. The van der Waals surface area contributed by atoms with Crippen LogP contribution < -0.4 is 11.4 Å². The van der Waals surface area contributed by atoms with Gasteiger partial charge in [0.1, 0.15) is 0 Å². The zero-order valence-corrected chi connectivity index (χ0v) is 9.12. The number of nitrogens with two attached hydrogens (primary N) is 1. The van der Waals surface area contributed by atoms with Crippen LogP contribution in [0.1, 0.15) is 10.4 Å². The Morgan fingerprint density at radius 1 is 1.35 bits per heavy atom. The van der Waals surface area contributed by atoms with E-state index in [0.29, 0.717) is 5.56 Å². The fourth-order valence-electron chi connectivity index (χ4n) is 1.45. The molecule has 0 saturated carbocycles. The van der Waals surface area contributed by atoms with Crippen molar-refractivity contribution < 1.29 is 4.79 Å². The Kier molecular flexibility index (Phi) is 2.70. The quantitative estimate of drug-likeness (QED) is 0.782. The standard InChI is InChI=1S/C11H10N4O2/c1-15-6-8(10(12)16)9(14-11(15)17)7-2-4-13-5-3-7/h2-6H,1H3,(H2,12,16). The van der Waals surface area contributed by atoms with Crippen molar-refractivity contribution in [2.45, 2.75) is 0 Å². The van der Waals surface area contributed by atoms with Crippen molar-refractivity contribution in [2.75, 3.05) is 0 Å².